The lowest BCUT2D eigenvalue weighted by Crippen LogP contribution is -2.43. The first-order valence-electron chi connectivity index (χ1n) is 9.88. The normalized spacial score (nSPS) is 13.7. The molecule has 1 aliphatic heterocycles. The average molecular weight is 404 g/mol. The number of nitrogens with zero attached hydrogens (tertiary/aromatic N) is 2. The quantitative estimate of drug-likeness (QED) is 0.520. The molecule has 1 aromatic carbocycles. The van der Waals surface area contributed by atoms with E-state index in [0.29, 0.717) is 11.4 Å². The molecule has 154 valence electrons. The van der Waals surface area contributed by atoms with Crippen molar-refractivity contribution in [3.8, 4) is 11.1 Å². The number of amides is 1. The van der Waals surface area contributed by atoms with E-state index in [2.05, 4.69) is 30.8 Å². The van der Waals surface area contributed by atoms with Gasteiger partial charge in [0, 0.05) is 62.4 Å². The first-order chi connectivity index (χ1) is 14.6. The summed E-state index contributed by atoms with van der Waals surface area (Å²) in [5.74, 6) is 0.393. The van der Waals surface area contributed by atoms with Gasteiger partial charge in [-0.1, -0.05) is 0 Å². The van der Waals surface area contributed by atoms with Gasteiger partial charge in [0.1, 0.15) is 11.5 Å². The molecule has 1 fully saturated rings. The Balaban J connectivity index is 1.52. The Morgan fingerprint density at radius 2 is 1.83 bits per heavy atom. The molecule has 2 aromatic heterocycles. The van der Waals surface area contributed by atoms with Crippen LogP contribution < -0.4 is 26.4 Å². The summed E-state index contributed by atoms with van der Waals surface area (Å²) in [4.78, 5) is 34.1. The first-order valence-corrected chi connectivity index (χ1v) is 9.88. The minimum atomic E-state index is -0.354. The van der Waals surface area contributed by atoms with Crippen molar-refractivity contribution < 1.29 is 4.79 Å². The Morgan fingerprint density at radius 3 is 2.57 bits per heavy atom. The molecule has 3 heterocycles. The highest BCUT2D eigenvalue weighted by molar-refractivity contribution is 6.04. The highest BCUT2D eigenvalue weighted by Crippen LogP contribution is 2.22. The summed E-state index contributed by atoms with van der Waals surface area (Å²) in [5.41, 5.74) is 3.09. The maximum absolute atomic E-state index is 12.7. The largest absolute Gasteiger partial charge is 0.373 e. The number of H-pyrrole nitrogens is 1. The molecular weight excluding hydrogens is 380 g/mol. The van der Waals surface area contributed by atoms with Crippen molar-refractivity contribution in [1.82, 2.24) is 15.3 Å². The fourth-order valence-corrected chi connectivity index (χ4v) is 3.43. The predicted molar refractivity (Wildman–Crippen MR) is 119 cm³/mol. The van der Waals surface area contributed by atoms with Crippen molar-refractivity contribution in [2.24, 2.45) is 0 Å². The Hall–Kier alpha value is -3.65. The van der Waals surface area contributed by atoms with Crippen molar-refractivity contribution >= 4 is 23.1 Å². The Bertz CT molecular complexity index is 1090. The molecule has 0 radical (unpaired) electrons. The smallest absolute Gasteiger partial charge is 0.271 e. The molecule has 0 bridgehead atoms. The van der Waals surface area contributed by atoms with Crippen LogP contribution >= 0.6 is 0 Å². The van der Waals surface area contributed by atoms with Crippen molar-refractivity contribution in [2.45, 2.75) is 0 Å². The van der Waals surface area contributed by atoms with Crippen LogP contribution in [0.1, 0.15) is 10.4 Å². The topological polar surface area (TPSA) is 102 Å². The number of aromatic nitrogens is 2. The van der Waals surface area contributed by atoms with Crippen LogP contribution in [0.5, 0.6) is 0 Å². The van der Waals surface area contributed by atoms with Gasteiger partial charge in [0.15, 0.2) is 0 Å². The third kappa shape index (κ3) is 4.33. The van der Waals surface area contributed by atoms with Crippen molar-refractivity contribution in [2.75, 3.05) is 48.8 Å². The summed E-state index contributed by atoms with van der Waals surface area (Å²) in [6.45, 7) is 3.79. The molecule has 0 aliphatic carbocycles. The average Bonchev–Trinajstić information content (AvgIpc) is 2.81. The maximum atomic E-state index is 12.7. The van der Waals surface area contributed by atoms with Gasteiger partial charge in [0.25, 0.3) is 11.5 Å². The summed E-state index contributed by atoms with van der Waals surface area (Å²) in [5, 5.41) is 9.04. The molecule has 0 saturated carbocycles. The lowest BCUT2D eigenvalue weighted by Gasteiger charge is -2.29. The van der Waals surface area contributed by atoms with Gasteiger partial charge < -0.3 is 25.8 Å². The van der Waals surface area contributed by atoms with Gasteiger partial charge in [0.2, 0.25) is 0 Å². The zero-order valence-electron chi connectivity index (χ0n) is 16.7. The molecule has 4 rings (SSSR count). The molecule has 8 nitrogen and oxygen atoms in total. The molecule has 1 aliphatic rings. The predicted octanol–water partition coefficient (Wildman–Crippen LogP) is 2.14. The number of carbonyl (C=O) groups excluding carboxylic acids is 1. The van der Waals surface area contributed by atoms with Crippen LogP contribution in [0.15, 0.2) is 59.7 Å². The van der Waals surface area contributed by atoms with E-state index in [-0.39, 0.29) is 17.2 Å². The van der Waals surface area contributed by atoms with Gasteiger partial charge in [-0.05, 0) is 48.0 Å². The molecule has 1 saturated heterocycles. The second-order valence-corrected chi connectivity index (χ2v) is 7.05. The monoisotopic (exact) mass is 404 g/mol. The van der Waals surface area contributed by atoms with E-state index in [0.717, 1.165) is 43.0 Å². The summed E-state index contributed by atoms with van der Waals surface area (Å²) in [7, 11) is 1.79. The zero-order valence-corrected chi connectivity index (χ0v) is 16.7. The Kier molecular flexibility index (Phi) is 5.76. The van der Waals surface area contributed by atoms with Crippen molar-refractivity contribution in [3.63, 3.8) is 0 Å². The Labute approximate surface area is 174 Å². The fraction of sp³-hybridized carbons (Fsp3) is 0.227. The van der Waals surface area contributed by atoms with Gasteiger partial charge in [-0.2, -0.15) is 0 Å². The summed E-state index contributed by atoms with van der Waals surface area (Å²) in [6, 6.07) is 12.8. The van der Waals surface area contributed by atoms with Crippen molar-refractivity contribution in [3.05, 3.63) is 70.8 Å². The highest BCUT2D eigenvalue weighted by Gasteiger charge is 2.13. The van der Waals surface area contributed by atoms with Crippen molar-refractivity contribution in [1.29, 1.82) is 0 Å². The van der Waals surface area contributed by atoms with Crippen LogP contribution in [0, 0.1) is 0 Å². The van der Waals surface area contributed by atoms with E-state index < -0.39 is 0 Å². The minimum Gasteiger partial charge on any atom is -0.373 e. The van der Waals surface area contributed by atoms with Crippen LogP contribution in [0.2, 0.25) is 0 Å². The number of carbonyl (C=O) groups is 1. The Morgan fingerprint density at radius 1 is 1.07 bits per heavy atom. The molecule has 4 N–H and O–H groups in total. The molecule has 1 amide bonds. The molecule has 0 unspecified atom stereocenters. The van der Waals surface area contributed by atoms with Gasteiger partial charge >= 0.3 is 0 Å². The minimum absolute atomic E-state index is 0.200. The van der Waals surface area contributed by atoms with Gasteiger partial charge in [-0.15, -0.1) is 0 Å². The third-order valence-electron chi connectivity index (χ3n) is 5.11. The number of nitrogens with one attached hydrogen (secondary N) is 4. The molecule has 0 atom stereocenters. The number of pyridine rings is 2. The molecule has 30 heavy (non-hydrogen) atoms. The van der Waals surface area contributed by atoms with Crippen LogP contribution in [-0.4, -0.2) is 49.1 Å². The SMILES string of the molecule is CNc1cc(-c2c[nH]c(=O)c(NC(=O)c3ccc(N4CCNCC4)cc3)c2)ccn1. The van der Waals surface area contributed by atoms with Gasteiger partial charge in [0.05, 0.1) is 0 Å². The van der Waals surface area contributed by atoms with E-state index in [4.69, 9.17) is 0 Å². The van der Waals surface area contributed by atoms with Crippen LogP contribution in [0.4, 0.5) is 17.2 Å². The number of rotatable bonds is 5. The highest BCUT2D eigenvalue weighted by atomic mass is 16.2. The second kappa shape index (κ2) is 8.79. The fourth-order valence-electron chi connectivity index (χ4n) is 3.43. The lowest BCUT2D eigenvalue weighted by molar-refractivity contribution is 0.102. The molecular formula is C22H24N6O2. The molecule has 0 spiro atoms. The van der Waals surface area contributed by atoms with E-state index in [1.54, 1.807) is 37.6 Å². The lowest BCUT2D eigenvalue weighted by atomic mass is 10.1. The van der Waals surface area contributed by atoms with Gasteiger partial charge in [-0.25, -0.2) is 4.98 Å². The number of aromatic amines is 1. The number of piperazine rings is 1. The summed E-state index contributed by atoms with van der Waals surface area (Å²) >= 11 is 0. The van der Waals surface area contributed by atoms with Crippen LogP contribution in [-0.2, 0) is 0 Å². The zero-order chi connectivity index (χ0) is 20.9. The van der Waals surface area contributed by atoms with E-state index >= 15 is 0 Å². The van der Waals surface area contributed by atoms with Gasteiger partial charge in [-0.3, -0.25) is 9.59 Å². The number of hydrogen-bond donors (Lipinski definition) is 4. The molecule has 3 aromatic rings. The van der Waals surface area contributed by atoms with E-state index in [1.165, 1.54) is 0 Å². The number of hydrogen-bond acceptors (Lipinski definition) is 6. The van der Waals surface area contributed by atoms with E-state index in [9.17, 15) is 9.59 Å². The van der Waals surface area contributed by atoms with Crippen LogP contribution in [0.25, 0.3) is 11.1 Å². The van der Waals surface area contributed by atoms with Crippen LogP contribution in [0.3, 0.4) is 0 Å². The third-order valence-corrected chi connectivity index (χ3v) is 5.11. The second-order valence-electron chi connectivity index (χ2n) is 7.05. The first kappa shape index (κ1) is 19.7. The standard InChI is InChI=1S/C22H24N6O2/c1-23-20-13-16(6-7-25-20)17-12-19(22(30)26-14-17)27-21(29)15-2-4-18(5-3-15)28-10-8-24-9-11-28/h2-7,12-14,24H,8-11H2,1H3,(H,23,25)(H,26,30)(H,27,29). The summed E-state index contributed by atoms with van der Waals surface area (Å²) in [6.07, 6.45) is 3.31. The maximum Gasteiger partial charge on any atom is 0.271 e. The number of benzene rings is 1. The summed E-state index contributed by atoms with van der Waals surface area (Å²) < 4.78 is 0. The number of anilines is 3. The van der Waals surface area contributed by atoms with E-state index in [1.807, 2.05) is 24.3 Å². The molecule has 8 heteroatoms.